The predicted octanol–water partition coefficient (Wildman–Crippen LogP) is 6.02. The molecule has 0 radical (unpaired) electrons. The molecule has 0 saturated heterocycles. The van der Waals surface area contributed by atoms with Crippen LogP contribution in [0, 0.1) is 5.82 Å². The summed E-state index contributed by atoms with van der Waals surface area (Å²) in [6, 6.07) is 8.86. The van der Waals surface area contributed by atoms with Crippen molar-refractivity contribution in [2.75, 3.05) is 18.7 Å². The monoisotopic (exact) mass is 482 g/mol. The minimum absolute atomic E-state index is 0.0705. The molecule has 1 unspecified atom stereocenters. The molecule has 1 aliphatic heterocycles. The van der Waals surface area contributed by atoms with Gasteiger partial charge in [0.25, 0.3) is 5.91 Å². The molecule has 8 heteroatoms. The highest BCUT2D eigenvalue weighted by atomic mass is 19.1. The molecule has 1 aromatic carbocycles. The number of nitrogens with one attached hydrogen (secondary N) is 1. The first-order chi connectivity index (χ1) is 16.6. The Balaban J connectivity index is 1.57. The highest BCUT2D eigenvalue weighted by Gasteiger charge is 2.35. The van der Waals surface area contributed by atoms with Gasteiger partial charge in [0, 0.05) is 40.2 Å². The number of anilines is 1. The van der Waals surface area contributed by atoms with Crippen molar-refractivity contribution in [2.45, 2.75) is 51.7 Å². The van der Waals surface area contributed by atoms with Crippen molar-refractivity contribution in [1.82, 2.24) is 14.9 Å². The van der Waals surface area contributed by atoms with Crippen molar-refractivity contribution < 1.29 is 18.0 Å². The van der Waals surface area contributed by atoms with Crippen LogP contribution in [0.4, 0.5) is 19.0 Å². The Hall–Kier alpha value is -3.42. The SMILES string of the molecule is CC(Nc1nccc2c1CN(C(CF)CF)C2=O)c1ccc(-c2ccnc(C(C)(C)C)c2)c(F)c1. The van der Waals surface area contributed by atoms with E-state index < -0.39 is 25.3 Å². The summed E-state index contributed by atoms with van der Waals surface area (Å²) in [6.45, 7) is 6.20. The summed E-state index contributed by atoms with van der Waals surface area (Å²) < 4.78 is 41.6. The molecule has 1 amide bonds. The number of halogens is 3. The van der Waals surface area contributed by atoms with E-state index in [0.29, 0.717) is 28.1 Å². The number of hydrogen-bond donors (Lipinski definition) is 1. The number of nitrogens with zero attached hydrogens (tertiary/aromatic N) is 3. The molecule has 0 bridgehead atoms. The summed E-state index contributed by atoms with van der Waals surface area (Å²) in [5.41, 5.74) is 3.61. The van der Waals surface area contributed by atoms with Crippen LogP contribution in [0.5, 0.6) is 0 Å². The summed E-state index contributed by atoms with van der Waals surface area (Å²) >= 11 is 0. The second-order valence-electron chi connectivity index (χ2n) is 9.87. The third kappa shape index (κ3) is 4.88. The molecule has 0 aliphatic carbocycles. The molecule has 1 atom stereocenters. The van der Waals surface area contributed by atoms with Crippen molar-refractivity contribution in [3.8, 4) is 11.1 Å². The molecule has 4 rings (SSSR count). The first kappa shape index (κ1) is 24.7. The first-order valence-corrected chi connectivity index (χ1v) is 11.6. The van der Waals surface area contributed by atoms with Crippen LogP contribution in [0.1, 0.15) is 60.9 Å². The van der Waals surface area contributed by atoms with Gasteiger partial charge in [-0.2, -0.15) is 0 Å². The van der Waals surface area contributed by atoms with Crippen molar-refractivity contribution in [3.63, 3.8) is 0 Å². The van der Waals surface area contributed by atoms with Crippen LogP contribution in [0.15, 0.2) is 48.8 Å². The fourth-order valence-corrected chi connectivity index (χ4v) is 4.21. The van der Waals surface area contributed by atoms with Crippen LogP contribution in [0.3, 0.4) is 0 Å². The Labute approximate surface area is 203 Å². The highest BCUT2D eigenvalue weighted by molar-refractivity contribution is 5.99. The molecule has 1 aliphatic rings. The maximum absolute atomic E-state index is 15.2. The number of amides is 1. The van der Waals surface area contributed by atoms with Crippen LogP contribution in [0.2, 0.25) is 0 Å². The molecule has 3 aromatic rings. The standard InChI is InChI=1S/C27H29F3N4O/c1-16(33-25-22-15-34(19(13-28)14-29)26(35)21(22)8-10-32-25)17-5-6-20(23(30)11-17)18-7-9-31-24(12-18)27(2,3)4/h5-12,16,19H,13-15H2,1-4H3,(H,32,33). The van der Waals surface area contributed by atoms with Crippen LogP contribution < -0.4 is 5.32 Å². The Morgan fingerprint density at radius 3 is 2.40 bits per heavy atom. The van der Waals surface area contributed by atoms with E-state index in [1.807, 2.05) is 19.1 Å². The molecule has 0 fully saturated rings. The summed E-state index contributed by atoms with van der Waals surface area (Å²) in [5, 5.41) is 3.24. The van der Waals surface area contributed by atoms with E-state index in [9.17, 15) is 13.6 Å². The Bertz CT molecular complexity index is 1240. The minimum Gasteiger partial charge on any atom is -0.363 e. The lowest BCUT2D eigenvalue weighted by Gasteiger charge is -2.22. The molecule has 0 saturated carbocycles. The third-order valence-electron chi connectivity index (χ3n) is 6.36. The Morgan fingerprint density at radius 1 is 1.03 bits per heavy atom. The molecule has 184 valence electrons. The zero-order chi connectivity index (χ0) is 25.3. The lowest BCUT2D eigenvalue weighted by Crippen LogP contribution is -2.38. The molecular weight excluding hydrogens is 453 g/mol. The van der Waals surface area contributed by atoms with Crippen LogP contribution in [-0.2, 0) is 12.0 Å². The second kappa shape index (κ2) is 9.68. The zero-order valence-electron chi connectivity index (χ0n) is 20.3. The molecule has 0 spiro atoms. The van der Waals surface area contributed by atoms with Crippen molar-refractivity contribution in [2.24, 2.45) is 0 Å². The minimum atomic E-state index is -1.12. The molecule has 35 heavy (non-hydrogen) atoms. The number of carbonyl (C=O) groups is 1. The van der Waals surface area contributed by atoms with Gasteiger partial charge in [-0.15, -0.1) is 0 Å². The van der Waals surface area contributed by atoms with E-state index in [0.717, 1.165) is 11.3 Å². The maximum atomic E-state index is 15.2. The largest absolute Gasteiger partial charge is 0.363 e. The van der Waals surface area contributed by atoms with Crippen LogP contribution >= 0.6 is 0 Å². The Kier molecular flexibility index (Phi) is 6.83. The van der Waals surface area contributed by atoms with E-state index in [-0.39, 0.29) is 23.8 Å². The first-order valence-electron chi connectivity index (χ1n) is 11.6. The summed E-state index contributed by atoms with van der Waals surface area (Å²) in [5.74, 6) is -0.333. The molecule has 3 heterocycles. The number of alkyl halides is 2. The molecular formula is C27H29F3N4O. The molecule has 5 nitrogen and oxygen atoms in total. The number of carbonyl (C=O) groups excluding carboxylic acids is 1. The fraction of sp³-hybridized carbons (Fsp3) is 0.370. The van der Waals surface area contributed by atoms with Gasteiger partial charge < -0.3 is 10.2 Å². The van der Waals surface area contributed by atoms with E-state index in [4.69, 9.17) is 0 Å². The number of pyridine rings is 2. The van der Waals surface area contributed by atoms with Gasteiger partial charge in [-0.1, -0.05) is 32.9 Å². The van der Waals surface area contributed by atoms with E-state index in [1.165, 1.54) is 17.2 Å². The van der Waals surface area contributed by atoms with Crippen LogP contribution in [-0.4, -0.2) is 40.2 Å². The summed E-state index contributed by atoms with van der Waals surface area (Å²) in [7, 11) is 0. The van der Waals surface area contributed by atoms with Gasteiger partial charge in [0.15, 0.2) is 0 Å². The summed E-state index contributed by atoms with van der Waals surface area (Å²) in [6.07, 6.45) is 3.17. The number of fused-ring (bicyclic) bond motifs is 1. The van der Waals surface area contributed by atoms with E-state index in [1.54, 1.807) is 24.4 Å². The van der Waals surface area contributed by atoms with E-state index in [2.05, 4.69) is 36.1 Å². The third-order valence-corrected chi connectivity index (χ3v) is 6.36. The van der Waals surface area contributed by atoms with Crippen molar-refractivity contribution >= 4 is 11.7 Å². The topological polar surface area (TPSA) is 58.1 Å². The average Bonchev–Trinajstić information content (AvgIpc) is 3.17. The molecule has 1 N–H and O–H groups in total. The van der Waals surface area contributed by atoms with Gasteiger partial charge in [0.1, 0.15) is 25.0 Å². The predicted molar refractivity (Wildman–Crippen MR) is 130 cm³/mol. The van der Waals surface area contributed by atoms with Gasteiger partial charge >= 0.3 is 0 Å². The number of aromatic nitrogens is 2. The van der Waals surface area contributed by atoms with Crippen LogP contribution in [0.25, 0.3) is 11.1 Å². The molecule has 2 aromatic heterocycles. The Morgan fingerprint density at radius 2 is 1.74 bits per heavy atom. The van der Waals surface area contributed by atoms with Gasteiger partial charge in [-0.25, -0.2) is 18.2 Å². The smallest absolute Gasteiger partial charge is 0.255 e. The summed E-state index contributed by atoms with van der Waals surface area (Å²) in [4.78, 5) is 22.6. The quantitative estimate of drug-likeness (QED) is 0.448. The number of hydrogen-bond acceptors (Lipinski definition) is 4. The number of rotatable bonds is 7. The fourth-order valence-electron chi connectivity index (χ4n) is 4.21. The van der Waals surface area contributed by atoms with Gasteiger partial charge in [-0.3, -0.25) is 9.78 Å². The highest BCUT2D eigenvalue weighted by Crippen LogP contribution is 2.33. The van der Waals surface area contributed by atoms with Gasteiger partial charge in [-0.05, 0) is 42.3 Å². The van der Waals surface area contributed by atoms with E-state index >= 15 is 4.39 Å². The number of benzene rings is 1. The lowest BCUT2D eigenvalue weighted by molar-refractivity contribution is 0.0638. The average molecular weight is 483 g/mol. The van der Waals surface area contributed by atoms with Crippen molar-refractivity contribution in [1.29, 1.82) is 0 Å². The van der Waals surface area contributed by atoms with Crippen molar-refractivity contribution in [3.05, 3.63) is 77.0 Å². The lowest BCUT2D eigenvalue weighted by atomic mass is 9.89. The maximum Gasteiger partial charge on any atom is 0.255 e. The normalized spacial score (nSPS) is 14.4. The van der Waals surface area contributed by atoms with Gasteiger partial charge in [0.2, 0.25) is 0 Å². The second-order valence-corrected chi connectivity index (χ2v) is 9.87. The zero-order valence-corrected chi connectivity index (χ0v) is 20.3. The van der Waals surface area contributed by atoms with Gasteiger partial charge in [0.05, 0.1) is 18.6 Å².